The van der Waals surface area contributed by atoms with E-state index in [2.05, 4.69) is 26.4 Å². The zero-order valence-electron chi connectivity index (χ0n) is 16.6. The van der Waals surface area contributed by atoms with Gasteiger partial charge < -0.3 is 10.6 Å². The molecule has 2 aliphatic rings. The zero-order valence-corrected chi connectivity index (χ0v) is 16.6. The molecule has 6 heteroatoms. The Labute approximate surface area is 167 Å². The van der Waals surface area contributed by atoms with Crippen LogP contribution in [0.3, 0.4) is 0 Å². The Morgan fingerprint density at radius 2 is 1.68 bits per heavy atom. The fourth-order valence-corrected chi connectivity index (χ4v) is 4.53. The molecular weight excluding hydrogens is 350 g/mol. The van der Waals surface area contributed by atoms with Crippen molar-refractivity contribution >= 4 is 6.03 Å². The number of urea groups is 1. The monoisotopic (exact) mass is 381 g/mol. The van der Waals surface area contributed by atoms with Crippen molar-refractivity contribution in [2.24, 2.45) is 0 Å². The fourth-order valence-electron chi connectivity index (χ4n) is 4.53. The van der Waals surface area contributed by atoms with Crippen LogP contribution in [0.5, 0.6) is 0 Å². The Hall–Kier alpha value is -2.37. The van der Waals surface area contributed by atoms with Crippen LogP contribution in [0, 0.1) is 0 Å². The Morgan fingerprint density at radius 1 is 1.00 bits per heavy atom. The van der Waals surface area contributed by atoms with E-state index in [-0.39, 0.29) is 6.03 Å². The zero-order chi connectivity index (χ0) is 19.2. The topological polar surface area (TPSA) is 71.8 Å². The highest BCUT2D eigenvalue weighted by atomic mass is 16.2. The molecule has 0 spiro atoms. The molecular formula is C22H31N5O. The van der Waals surface area contributed by atoms with Gasteiger partial charge in [0.1, 0.15) is 0 Å². The Bertz CT molecular complexity index is 758. The summed E-state index contributed by atoms with van der Waals surface area (Å²) >= 11 is 0. The van der Waals surface area contributed by atoms with Crippen LogP contribution in [0.25, 0.3) is 11.3 Å². The number of aromatic nitrogens is 3. The Balaban J connectivity index is 1.42. The first-order chi connectivity index (χ1) is 13.8. The second kappa shape index (κ2) is 9.22. The van der Waals surface area contributed by atoms with Crippen LogP contribution in [0.15, 0.2) is 30.6 Å². The van der Waals surface area contributed by atoms with Crippen LogP contribution in [0.2, 0.25) is 0 Å². The predicted octanol–water partition coefficient (Wildman–Crippen LogP) is 4.58. The molecule has 6 nitrogen and oxygen atoms in total. The van der Waals surface area contributed by atoms with Gasteiger partial charge >= 0.3 is 6.03 Å². The molecule has 0 bridgehead atoms. The smallest absolute Gasteiger partial charge is 0.315 e. The summed E-state index contributed by atoms with van der Waals surface area (Å²) in [5.74, 6) is 0. The van der Waals surface area contributed by atoms with Crippen molar-refractivity contribution in [3.8, 4) is 11.3 Å². The van der Waals surface area contributed by atoms with Crippen LogP contribution in [0.4, 0.5) is 4.79 Å². The summed E-state index contributed by atoms with van der Waals surface area (Å²) in [4.78, 5) is 16.5. The van der Waals surface area contributed by atoms with Gasteiger partial charge in [0.25, 0.3) is 0 Å². The van der Waals surface area contributed by atoms with Gasteiger partial charge in [0, 0.05) is 24.0 Å². The van der Waals surface area contributed by atoms with Crippen LogP contribution in [0.1, 0.15) is 75.9 Å². The molecule has 4 rings (SSSR count). The second-order valence-electron chi connectivity index (χ2n) is 8.16. The maximum absolute atomic E-state index is 12.3. The van der Waals surface area contributed by atoms with E-state index in [4.69, 9.17) is 5.10 Å². The molecule has 0 saturated heterocycles. The first kappa shape index (κ1) is 19.0. The number of carbonyl (C=O) groups excluding carboxylic acids is 1. The highest BCUT2D eigenvalue weighted by molar-refractivity contribution is 5.74. The molecule has 2 aromatic rings. The minimum Gasteiger partial charge on any atom is -0.335 e. The highest BCUT2D eigenvalue weighted by Gasteiger charge is 2.22. The van der Waals surface area contributed by atoms with Crippen LogP contribution in [-0.2, 0) is 6.54 Å². The van der Waals surface area contributed by atoms with Crippen LogP contribution < -0.4 is 10.6 Å². The molecule has 2 heterocycles. The summed E-state index contributed by atoms with van der Waals surface area (Å²) in [6.45, 7) is 0.455. The van der Waals surface area contributed by atoms with E-state index in [1.54, 1.807) is 0 Å². The molecule has 0 unspecified atom stereocenters. The van der Waals surface area contributed by atoms with Crippen LogP contribution >= 0.6 is 0 Å². The average Bonchev–Trinajstić information content (AvgIpc) is 3.33. The van der Waals surface area contributed by atoms with Crippen molar-refractivity contribution in [2.45, 2.75) is 82.8 Å². The standard InChI is InChI=1S/C22H31N5O/c28-22(25-18-7-3-1-2-4-8-18)24-16-19-15-21(17-11-13-23-14-12-17)27(26-19)20-9-5-6-10-20/h11-15,18,20H,1-10,16H2,(H2,24,25,28). The molecule has 2 saturated carbocycles. The maximum Gasteiger partial charge on any atom is 0.315 e. The Kier molecular flexibility index (Phi) is 6.24. The lowest BCUT2D eigenvalue weighted by atomic mass is 10.1. The number of hydrogen-bond acceptors (Lipinski definition) is 3. The van der Waals surface area contributed by atoms with Crippen molar-refractivity contribution in [1.82, 2.24) is 25.4 Å². The van der Waals surface area contributed by atoms with E-state index < -0.39 is 0 Å². The number of nitrogens with zero attached hydrogens (tertiary/aromatic N) is 3. The second-order valence-corrected chi connectivity index (χ2v) is 8.16. The first-order valence-corrected chi connectivity index (χ1v) is 10.8. The molecule has 2 N–H and O–H groups in total. The van der Waals surface area contributed by atoms with Gasteiger partial charge in [-0.1, -0.05) is 38.5 Å². The third-order valence-electron chi connectivity index (χ3n) is 6.05. The van der Waals surface area contributed by atoms with Gasteiger partial charge in [-0.2, -0.15) is 5.10 Å². The summed E-state index contributed by atoms with van der Waals surface area (Å²) < 4.78 is 2.17. The summed E-state index contributed by atoms with van der Waals surface area (Å²) in [7, 11) is 0. The fraction of sp³-hybridized carbons (Fsp3) is 0.591. The van der Waals surface area contributed by atoms with Gasteiger partial charge in [-0.05, 0) is 43.9 Å². The van der Waals surface area contributed by atoms with E-state index in [1.807, 2.05) is 24.5 Å². The largest absolute Gasteiger partial charge is 0.335 e. The minimum atomic E-state index is -0.0761. The van der Waals surface area contributed by atoms with Gasteiger partial charge in [-0.25, -0.2) is 4.79 Å². The molecule has 150 valence electrons. The normalized spacial score (nSPS) is 18.7. The van der Waals surface area contributed by atoms with E-state index in [0.29, 0.717) is 18.6 Å². The molecule has 0 aromatic carbocycles. The maximum atomic E-state index is 12.3. The van der Waals surface area contributed by atoms with Crippen molar-refractivity contribution in [1.29, 1.82) is 0 Å². The average molecular weight is 382 g/mol. The van der Waals surface area contributed by atoms with Gasteiger partial charge in [-0.3, -0.25) is 9.67 Å². The highest BCUT2D eigenvalue weighted by Crippen LogP contribution is 2.33. The third-order valence-corrected chi connectivity index (χ3v) is 6.05. The minimum absolute atomic E-state index is 0.0761. The lowest BCUT2D eigenvalue weighted by Gasteiger charge is -2.16. The number of rotatable bonds is 5. The van der Waals surface area contributed by atoms with E-state index in [1.165, 1.54) is 51.4 Å². The van der Waals surface area contributed by atoms with E-state index in [0.717, 1.165) is 29.8 Å². The molecule has 2 aromatic heterocycles. The van der Waals surface area contributed by atoms with Crippen molar-refractivity contribution in [3.63, 3.8) is 0 Å². The molecule has 2 amide bonds. The lowest BCUT2D eigenvalue weighted by molar-refractivity contribution is 0.235. The van der Waals surface area contributed by atoms with Crippen molar-refractivity contribution < 1.29 is 4.79 Å². The first-order valence-electron chi connectivity index (χ1n) is 10.8. The van der Waals surface area contributed by atoms with Gasteiger partial charge in [-0.15, -0.1) is 0 Å². The number of hydrogen-bond donors (Lipinski definition) is 2. The summed E-state index contributed by atoms with van der Waals surface area (Å²) in [6, 6.07) is 6.85. The lowest BCUT2D eigenvalue weighted by Crippen LogP contribution is -2.41. The van der Waals surface area contributed by atoms with Gasteiger partial charge in [0.2, 0.25) is 0 Å². The number of pyridine rings is 1. The van der Waals surface area contributed by atoms with Crippen molar-refractivity contribution in [3.05, 3.63) is 36.3 Å². The van der Waals surface area contributed by atoms with E-state index in [9.17, 15) is 4.79 Å². The summed E-state index contributed by atoms with van der Waals surface area (Å²) in [6.07, 6.45) is 15.7. The molecule has 0 atom stereocenters. The third kappa shape index (κ3) is 4.72. The molecule has 2 fully saturated rings. The summed E-state index contributed by atoms with van der Waals surface area (Å²) in [5.41, 5.74) is 3.16. The molecule has 28 heavy (non-hydrogen) atoms. The van der Waals surface area contributed by atoms with Crippen LogP contribution in [-0.4, -0.2) is 26.8 Å². The van der Waals surface area contributed by atoms with Crippen molar-refractivity contribution in [2.75, 3.05) is 0 Å². The molecule has 2 aliphatic carbocycles. The van der Waals surface area contributed by atoms with Gasteiger partial charge in [0.15, 0.2) is 0 Å². The quantitative estimate of drug-likeness (QED) is 0.745. The number of amides is 2. The number of carbonyl (C=O) groups is 1. The molecule has 0 radical (unpaired) electrons. The Morgan fingerprint density at radius 3 is 2.39 bits per heavy atom. The number of nitrogens with one attached hydrogen (secondary N) is 2. The predicted molar refractivity (Wildman–Crippen MR) is 110 cm³/mol. The summed E-state index contributed by atoms with van der Waals surface area (Å²) in [5, 5.41) is 11.0. The van der Waals surface area contributed by atoms with Gasteiger partial charge in [0.05, 0.1) is 24.0 Å². The SMILES string of the molecule is O=C(NCc1cc(-c2ccncc2)n(C2CCCC2)n1)NC1CCCCCC1. The van der Waals surface area contributed by atoms with E-state index >= 15 is 0 Å². The molecule has 0 aliphatic heterocycles.